The van der Waals surface area contributed by atoms with Crippen molar-refractivity contribution in [2.75, 3.05) is 0 Å². The zero-order chi connectivity index (χ0) is 0. The van der Waals surface area contributed by atoms with Crippen molar-refractivity contribution in [3.05, 3.63) is 0 Å². The third-order valence-electron chi connectivity index (χ3n) is 0. The molecule has 0 rings (SSSR count). The van der Waals surface area contributed by atoms with Crippen molar-refractivity contribution in [3.63, 3.8) is 0 Å². The maximum absolute atomic E-state index is 0. The molecule has 0 aliphatic carbocycles. The fraction of sp³-hybridized carbons (Fsp3) is 0. The van der Waals surface area contributed by atoms with Crippen LogP contribution in [-0.2, 0) is 34.1 Å². The van der Waals surface area contributed by atoms with Gasteiger partial charge in [-0.05, 0) is 0 Å². The third kappa shape index (κ3) is 9.00. The molecule has 0 spiro atoms. The van der Waals surface area contributed by atoms with E-state index in [0.717, 1.165) is 0 Å². The summed E-state index contributed by atoms with van der Waals surface area (Å²) in [6, 6.07) is 0. The Morgan fingerprint density at radius 2 is 1.00 bits per heavy atom. The van der Waals surface area contributed by atoms with Gasteiger partial charge in [0.25, 0.3) is 0 Å². The van der Waals surface area contributed by atoms with Crippen LogP contribution in [0.5, 0.6) is 0 Å². The first kappa shape index (κ1) is 37.5. The minimum absolute atomic E-state index is 0. The van der Waals surface area contributed by atoms with E-state index in [4.69, 9.17) is 0 Å². The number of hydrogen-bond donors (Lipinski definition) is 0. The van der Waals surface area contributed by atoms with Gasteiger partial charge in [-0.25, -0.2) is 0 Å². The quantitative estimate of drug-likeness (QED) is 0.354. The summed E-state index contributed by atoms with van der Waals surface area (Å²) in [6.45, 7) is 0. The Labute approximate surface area is 61.2 Å². The van der Waals surface area contributed by atoms with Gasteiger partial charge in [-0.1, -0.05) is 0 Å². The van der Waals surface area contributed by atoms with E-state index in [1.54, 1.807) is 0 Å². The van der Waals surface area contributed by atoms with Crippen LogP contribution in [0.25, 0.3) is 0 Å². The first-order valence-corrected chi connectivity index (χ1v) is 0. The Hall–Kier alpha value is 2.00. The summed E-state index contributed by atoms with van der Waals surface area (Å²) in [6.07, 6.45) is 0. The van der Waals surface area contributed by atoms with Crippen molar-refractivity contribution in [2.24, 2.45) is 0 Å². The van der Waals surface area contributed by atoms with Crippen LogP contribution >= 0.6 is 9.90 Å². The molecule has 0 fully saturated rings. The molecular formula is H3AlCuFeP. The van der Waals surface area contributed by atoms with Crippen LogP contribution in [-0.4, -0.2) is 17.4 Å². The van der Waals surface area contributed by atoms with Crippen molar-refractivity contribution in [2.45, 2.75) is 0 Å². The molecule has 0 saturated carbocycles. The standard InChI is InChI=1S/Al.Cu.Fe.H3P/h;;;1H3. The molecule has 0 N–H and O–H groups in total. The molecule has 1 unspecified atom stereocenters. The summed E-state index contributed by atoms with van der Waals surface area (Å²) < 4.78 is 0. The first-order chi connectivity index (χ1) is 0. The Morgan fingerprint density at radius 3 is 1.00 bits per heavy atom. The van der Waals surface area contributed by atoms with E-state index >= 15 is 0 Å². The van der Waals surface area contributed by atoms with Gasteiger partial charge in [-0.2, -0.15) is 9.90 Å². The zero-order valence-electron chi connectivity index (χ0n) is 1.94. The Balaban J connectivity index is 0. The number of rotatable bonds is 0. The molecule has 4 heavy (non-hydrogen) atoms. The average Bonchev–Trinajstić information content (AvgIpc) is 0. The van der Waals surface area contributed by atoms with Crippen molar-refractivity contribution in [1.29, 1.82) is 0 Å². The fourth-order valence-electron chi connectivity index (χ4n) is 0. The molecule has 4 radical (unpaired) electrons. The second-order valence-electron chi connectivity index (χ2n) is 0. The van der Waals surface area contributed by atoms with Gasteiger partial charge in [0.15, 0.2) is 0 Å². The SMILES string of the molecule is P.[Al].[Cu].[Fe]. The minimum atomic E-state index is 0. The summed E-state index contributed by atoms with van der Waals surface area (Å²) in [5.74, 6) is 0. The van der Waals surface area contributed by atoms with Crippen LogP contribution in [0.1, 0.15) is 0 Å². The molecule has 4 heteroatoms. The summed E-state index contributed by atoms with van der Waals surface area (Å²) in [7, 11) is 0. The smallest absolute Gasteiger partial charge is 0 e. The summed E-state index contributed by atoms with van der Waals surface area (Å²) >= 11 is 0. The van der Waals surface area contributed by atoms with E-state index in [0.29, 0.717) is 0 Å². The monoisotopic (exact) mass is 180 g/mol. The predicted octanol–water partition coefficient (Wildman–Crippen LogP) is -0.328. The number of hydrogen-bond acceptors (Lipinski definition) is 0. The zero-order valence-corrected chi connectivity index (χ0v) is 6.55. The molecule has 0 aromatic carbocycles. The first-order valence-electron chi connectivity index (χ1n) is 0. The molecule has 0 aliphatic rings. The van der Waals surface area contributed by atoms with Crippen molar-refractivity contribution < 1.29 is 34.1 Å². The van der Waals surface area contributed by atoms with Gasteiger partial charge in [-0.15, -0.1) is 0 Å². The van der Waals surface area contributed by atoms with E-state index < -0.39 is 0 Å². The van der Waals surface area contributed by atoms with Gasteiger partial charge >= 0.3 is 0 Å². The Kier molecular flexibility index (Phi) is 187. The Morgan fingerprint density at radius 1 is 1.00 bits per heavy atom. The molecule has 30 valence electrons. The molecular weight excluding hydrogens is 177 g/mol. The topological polar surface area (TPSA) is 0 Å². The minimum Gasteiger partial charge on any atom is -0.153 e. The van der Waals surface area contributed by atoms with Crippen LogP contribution in [0.4, 0.5) is 0 Å². The summed E-state index contributed by atoms with van der Waals surface area (Å²) in [5.41, 5.74) is 0. The van der Waals surface area contributed by atoms with Crippen LogP contribution in [0.3, 0.4) is 0 Å². The van der Waals surface area contributed by atoms with Gasteiger partial charge < -0.3 is 0 Å². The molecule has 1 atom stereocenters. The molecule has 0 nitrogen and oxygen atoms in total. The predicted molar refractivity (Wildman–Crippen MR) is 16.9 cm³/mol. The van der Waals surface area contributed by atoms with E-state index in [-0.39, 0.29) is 61.4 Å². The van der Waals surface area contributed by atoms with Gasteiger partial charge in [0.2, 0.25) is 0 Å². The van der Waals surface area contributed by atoms with E-state index in [2.05, 4.69) is 0 Å². The van der Waals surface area contributed by atoms with Crippen LogP contribution < -0.4 is 0 Å². The third-order valence-corrected chi connectivity index (χ3v) is 0. The second kappa shape index (κ2) is 20.0. The van der Waals surface area contributed by atoms with Crippen molar-refractivity contribution >= 4 is 27.3 Å². The molecule has 0 bridgehead atoms. The van der Waals surface area contributed by atoms with Crippen LogP contribution in [0.2, 0.25) is 0 Å². The molecule has 0 aromatic heterocycles. The van der Waals surface area contributed by atoms with Gasteiger partial charge in [0.05, 0.1) is 0 Å². The normalized spacial score (nSPS) is 0. The van der Waals surface area contributed by atoms with Crippen LogP contribution in [0.15, 0.2) is 0 Å². The average molecular weight is 180 g/mol. The summed E-state index contributed by atoms with van der Waals surface area (Å²) in [4.78, 5) is 0. The summed E-state index contributed by atoms with van der Waals surface area (Å²) in [5, 5.41) is 0. The Bertz CT molecular complexity index is 8.00. The van der Waals surface area contributed by atoms with Gasteiger partial charge in [0, 0.05) is 51.5 Å². The van der Waals surface area contributed by atoms with Gasteiger partial charge in [0.1, 0.15) is 0 Å². The maximum atomic E-state index is 0. The van der Waals surface area contributed by atoms with E-state index in [9.17, 15) is 0 Å². The second-order valence-corrected chi connectivity index (χ2v) is 0. The molecule has 0 amide bonds. The molecule has 0 saturated heterocycles. The molecule has 0 aromatic rings. The van der Waals surface area contributed by atoms with Crippen LogP contribution in [0, 0.1) is 0 Å². The maximum Gasteiger partial charge on any atom is 0 e. The largest absolute Gasteiger partial charge is 0.153 e. The van der Waals surface area contributed by atoms with Crippen molar-refractivity contribution in [3.8, 4) is 0 Å². The van der Waals surface area contributed by atoms with Crippen molar-refractivity contribution in [1.82, 2.24) is 0 Å². The van der Waals surface area contributed by atoms with Gasteiger partial charge in [-0.3, -0.25) is 0 Å². The fourth-order valence-corrected chi connectivity index (χ4v) is 0. The van der Waals surface area contributed by atoms with E-state index in [1.165, 1.54) is 0 Å². The van der Waals surface area contributed by atoms with E-state index in [1.807, 2.05) is 0 Å². The molecule has 0 aliphatic heterocycles. The molecule has 0 heterocycles.